The van der Waals surface area contributed by atoms with Crippen LogP contribution in [0.25, 0.3) is 127 Å². The average Bonchev–Trinajstić information content (AvgIpc) is 4.14. The molecule has 0 unspecified atom stereocenters. The lowest BCUT2D eigenvalue weighted by molar-refractivity contribution is 0.669. The number of rotatable bonds is 5. The summed E-state index contributed by atoms with van der Waals surface area (Å²) >= 11 is 0. The summed E-state index contributed by atoms with van der Waals surface area (Å²) < 4.78 is 13.6. The van der Waals surface area contributed by atoms with E-state index in [1.807, 2.05) is 54.6 Å². The van der Waals surface area contributed by atoms with Gasteiger partial charge in [-0.15, -0.1) is 0 Å². The summed E-state index contributed by atoms with van der Waals surface area (Å²) in [5.41, 5.74) is 14.8. The van der Waals surface area contributed by atoms with Crippen molar-refractivity contribution in [2.24, 2.45) is 0 Å². The standard InChI is InChI=1S/C62H35N5O/c63-36-41-29-39(38-15-3-1-4-16-38)30-42(37-64)60(41)40-31-44(33-45(32-40)66-53-23-11-8-20-47(53)51-34-52-48-21-10-14-26-58(48)68-59(52)35-57(51)66)65-55-25-13-9-22-50(55)61-56(65)28-27-49-46-19-7-12-24-54(46)67(62(49)61)43-17-5-2-6-18-43/h1-35H. The van der Waals surface area contributed by atoms with Crippen LogP contribution in [0.2, 0.25) is 0 Å². The molecule has 10 aromatic carbocycles. The van der Waals surface area contributed by atoms with Crippen molar-refractivity contribution in [2.45, 2.75) is 0 Å². The largest absolute Gasteiger partial charge is 0.456 e. The first kappa shape index (κ1) is 37.7. The van der Waals surface area contributed by atoms with Gasteiger partial charge in [-0.25, -0.2) is 0 Å². The van der Waals surface area contributed by atoms with E-state index in [1.165, 1.54) is 10.8 Å². The molecule has 4 heterocycles. The molecular formula is C62H35N5O. The smallest absolute Gasteiger partial charge is 0.137 e. The topological polar surface area (TPSA) is 75.5 Å². The van der Waals surface area contributed by atoms with Crippen LogP contribution in [0.3, 0.4) is 0 Å². The van der Waals surface area contributed by atoms with Crippen molar-refractivity contribution in [1.29, 1.82) is 10.5 Å². The van der Waals surface area contributed by atoms with Gasteiger partial charge in [-0.2, -0.15) is 10.5 Å². The van der Waals surface area contributed by atoms with Gasteiger partial charge in [-0.3, -0.25) is 0 Å². The lowest BCUT2D eigenvalue weighted by Crippen LogP contribution is -2.01. The average molecular weight is 866 g/mol. The summed E-state index contributed by atoms with van der Waals surface area (Å²) in [4.78, 5) is 0. The van der Waals surface area contributed by atoms with E-state index in [2.05, 4.69) is 184 Å². The molecule has 0 fully saturated rings. The summed E-state index contributed by atoms with van der Waals surface area (Å²) in [6, 6.07) is 78.8. The van der Waals surface area contributed by atoms with Crippen LogP contribution in [0.15, 0.2) is 217 Å². The predicted molar refractivity (Wildman–Crippen MR) is 277 cm³/mol. The van der Waals surface area contributed by atoms with Crippen molar-refractivity contribution in [1.82, 2.24) is 13.7 Å². The molecule has 14 aromatic rings. The highest BCUT2D eigenvalue weighted by Gasteiger charge is 2.24. The highest BCUT2D eigenvalue weighted by molar-refractivity contribution is 6.26. The Morgan fingerprint density at radius 2 is 0.882 bits per heavy atom. The first-order valence-electron chi connectivity index (χ1n) is 22.7. The van der Waals surface area contributed by atoms with Gasteiger partial charge in [-0.1, -0.05) is 127 Å². The quantitative estimate of drug-likeness (QED) is 0.173. The SMILES string of the molecule is N#Cc1cc(-c2ccccc2)cc(C#N)c1-c1cc(-n2c3ccccc3c3cc4c(cc32)oc2ccccc24)cc(-n2c3ccccc3c3c2ccc2c4ccccc4n(-c4ccccc4)c23)c1. The van der Waals surface area contributed by atoms with Gasteiger partial charge in [-0.05, 0) is 95.6 Å². The molecule has 0 bridgehead atoms. The molecule has 0 spiro atoms. The molecule has 4 aromatic heterocycles. The number of para-hydroxylation sites is 5. The summed E-state index contributed by atoms with van der Waals surface area (Å²) in [5, 5.41) is 31.0. The number of nitrogens with zero attached hydrogens (tertiary/aromatic N) is 5. The van der Waals surface area contributed by atoms with E-state index >= 15 is 0 Å². The molecular weight excluding hydrogens is 831 g/mol. The van der Waals surface area contributed by atoms with Crippen LogP contribution in [0.1, 0.15) is 11.1 Å². The van der Waals surface area contributed by atoms with E-state index in [9.17, 15) is 10.5 Å². The Bertz CT molecular complexity index is 4480. The lowest BCUT2D eigenvalue weighted by Gasteiger charge is -2.17. The molecule has 0 saturated heterocycles. The van der Waals surface area contributed by atoms with Crippen LogP contribution in [0.4, 0.5) is 0 Å². The van der Waals surface area contributed by atoms with Crippen molar-refractivity contribution >= 4 is 87.4 Å². The summed E-state index contributed by atoms with van der Waals surface area (Å²) in [6.45, 7) is 0. The Morgan fingerprint density at radius 3 is 1.57 bits per heavy atom. The monoisotopic (exact) mass is 865 g/mol. The zero-order valence-electron chi connectivity index (χ0n) is 36.4. The normalized spacial score (nSPS) is 11.8. The summed E-state index contributed by atoms with van der Waals surface area (Å²) in [6.07, 6.45) is 0. The second-order valence-corrected chi connectivity index (χ2v) is 17.5. The van der Waals surface area contributed by atoms with Gasteiger partial charge in [0, 0.05) is 71.8 Å². The molecule has 0 radical (unpaired) electrons. The summed E-state index contributed by atoms with van der Waals surface area (Å²) in [7, 11) is 0. The van der Waals surface area contributed by atoms with E-state index in [4.69, 9.17) is 4.42 Å². The Labute approximate surface area is 389 Å². The van der Waals surface area contributed by atoms with Crippen LogP contribution < -0.4 is 0 Å². The Kier molecular flexibility index (Phi) is 8.01. The van der Waals surface area contributed by atoms with Crippen LogP contribution in [-0.4, -0.2) is 13.7 Å². The lowest BCUT2D eigenvalue weighted by atomic mass is 9.90. The molecule has 6 heteroatoms. The number of hydrogen-bond acceptors (Lipinski definition) is 3. The van der Waals surface area contributed by atoms with Gasteiger partial charge >= 0.3 is 0 Å². The summed E-state index contributed by atoms with van der Waals surface area (Å²) in [5.74, 6) is 0. The van der Waals surface area contributed by atoms with Gasteiger partial charge in [0.15, 0.2) is 0 Å². The molecule has 14 rings (SSSR count). The highest BCUT2D eigenvalue weighted by Crippen LogP contribution is 2.45. The fourth-order valence-corrected chi connectivity index (χ4v) is 11.0. The Balaban J connectivity index is 1.12. The van der Waals surface area contributed by atoms with Crippen LogP contribution in [0.5, 0.6) is 0 Å². The van der Waals surface area contributed by atoms with Crippen molar-refractivity contribution in [3.05, 3.63) is 223 Å². The molecule has 0 amide bonds. The van der Waals surface area contributed by atoms with E-state index < -0.39 is 0 Å². The van der Waals surface area contributed by atoms with Crippen LogP contribution >= 0.6 is 0 Å². The minimum atomic E-state index is 0.425. The molecule has 68 heavy (non-hydrogen) atoms. The highest BCUT2D eigenvalue weighted by atomic mass is 16.3. The number of furan rings is 1. The fraction of sp³-hybridized carbons (Fsp3) is 0. The number of fused-ring (bicyclic) bond motifs is 13. The zero-order valence-corrected chi connectivity index (χ0v) is 36.4. The van der Waals surface area contributed by atoms with Gasteiger partial charge in [0.1, 0.15) is 11.2 Å². The third-order valence-electron chi connectivity index (χ3n) is 13.8. The molecule has 0 aliphatic heterocycles. The zero-order chi connectivity index (χ0) is 45.0. The number of benzene rings is 10. The van der Waals surface area contributed by atoms with E-state index in [0.717, 1.165) is 110 Å². The number of aromatic nitrogens is 3. The molecule has 0 aliphatic rings. The maximum absolute atomic E-state index is 11.0. The maximum atomic E-state index is 11.0. The van der Waals surface area contributed by atoms with Gasteiger partial charge in [0.25, 0.3) is 0 Å². The third-order valence-corrected chi connectivity index (χ3v) is 13.8. The Hall–Kier alpha value is -9.62. The molecule has 0 saturated carbocycles. The van der Waals surface area contributed by atoms with Gasteiger partial charge in [0.2, 0.25) is 0 Å². The second-order valence-electron chi connectivity index (χ2n) is 17.5. The number of hydrogen-bond donors (Lipinski definition) is 0. The molecule has 314 valence electrons. The number of nitriles is 2. The van der Waals surface area contributed by atoms with E-state index in [-0.39, 0.29) is 0 Å². The minimum absolute atomic E-state index is 0.425. The first-order valence-corrected chi connectivity index (χ1v) is 22.7. The minimum Gasteiger partial charge on any atom is -0.456 e. The Morgan fingerprint density at radius 1 is 0.324 bits per heavy atom. The fourth-order valence-electron chi connectivity index (χ4n) is 11.0. The van der Waals surface area contributed by atoms with Crippen molar-refractivity contribution in [2.75, 3.05) is 0 Å². The van der Waals surface area contributed by atoms with Crippen LogP contribution in [0, 0.1) is 22.7 Å². The van der Waals surface area contributed by atoms with Crippen molar-refractivity contribution in [3.8, 4) is 51.5 Å². The van der Waals surface area contributed by atoms with E-state index in [1.54, 1.807) is 0 Å². The molecule has 0 N–H and O–H groups in total. The van der Waals surface area contributed by atoms with Gasteiger partial charge in [0.05, 0.1) is 56.4 Å². The third kappa shape index (κ3) is 5.37. The van der Waals surface area contributed by atoms with Crippen LogP contribution in [-0.2, 0) is 0 Å². The maximum Gasteiger partial charge on any atom is 0.137 e. The first-order chi connectivity index (χ1) is 33.6. The van der Waals surface area contributed by atoms with E-state index in [0.29, 0.717) is 16.7 Å². The molecule has 0 aliphatic carbocycles. The van der Waals surface area contributed by atoms with Crippen molar-refractivity contribution < 1.29 is 4.42 Å². The van der Waals surface area contributed by atoms with Gasteiger partial charge < -0.3 is 18.1 Å². The predicted octanol–water partition coefficient (Wildman–Crippen LogP) is 16.0. The molecule has 0 atom stereocenters. The second kappa shape index (κ2) is 14.4. The molecule has 6 nitrogen and oxygen atoms in total. The van der Waals surface area contributed by atoms with Crippen molar-refractivity contribution in [3.63, 3.8) is 0 Å².